The van der Waals surface area contributed by atoms with Crippen LogP contribution in [0.5, 0.6) is 5.75 Å². The van der Waals surface area contributed by atoms with Gasteiger partial charge in [0.25, 0.3) is 0 Å². The molecule has 1 atom stereocenters. The third kappa shape index (κ3) is 4.50. The second-order valence-electron chi connectivity index (χ2n) is 7.02. The fourth-order valence-electron chi connectivity index (χ4n) is 3.91. The van der Waals surface area contributed by atoms with Crippen molar-refractivity contribution in [1.29, 1.82) is 0 Å². The summed E-state index contributed by atoms with van der Waals surface area (Å²) in [5, 5.41) is 3.14. The molecule has 1 unspecified atom stereocenters. The predicted molar refractivity (Wildman–Crippen MR) is 95.5 cm³/mol. The summed E-state index contributed by atoms with van der Waals surface area (Å²) in [7, 11) is 0. The Morgan fingerprint density at radius 3 is 2.80 bits per heavy atom. The molecule has 1 N–H and O–H groups in total. The number of amides is 1. The van der Waals surface area contributed by atoms with Crippen LogP contribution < -0.4 is 10.1 Å². The van der Waals surface area contributed by atoms with Crippen LogP contribution in [0, 0.1) is 0 Å². The average molecular weight is 347 g/mol. The molecule has 0 aromatic carbocycles. The Bertz CT molecular complexity index is 540. The molecule has 0 bridgehead atoms. The zero-order valence-electron chi connectivity index (χ0n) is 15.1. The van der Waals surface area contributed by atoms with Crippen molar-refractivity contribution in [3.05, 3.63) is 24.5 Å². The maximum atomic E-state index is 13.1. The van der Waals surface area contributed by atoms with Crippen molar-refractivity contribution >= 4 is 5.91 Å². The highest BCUT2D eigenvalue weighted by atomic mass is 16.5. The second kappa shape index (κ2) is 8.63. The van der Waals surface area contributed by atoms with Crippen LogP contribution in [0.15, 0.2) is 24.5 Å². The minimum Gasteiger partial charge on any atom is -0.487 e. The van der Waals surface area contributed by atoms with Crippen molar-refractivity contribution < 1.29 is 14.3 Å². The topological polar surface area (TPSA) is 63.7 Å². The molecule has 2 heterocycles. The monoisotopic (exact) mass is 347 g/mol. The van der Waals surface area contributed by atoms with Crippen LogP contribution in [0.4, 0.5) is 0 Å². The highest BCUT2D eigenvalue weighted by Gasteiger charge is 2.44. The molecule has 1 aromatic heterocycles. The minimum absolute atomic E-state index is 0.0986. The van der Waals surface area contributed by atoms with Crippen molar-refractivity contribution in [2.24, 2.45) is 0 Å². The van der Waals surface area contributed by atoms with Crippen LogP contribution in [-0.2, 0) is 9.53 Å². The largest absolute Gasteiger partial charge is 0.487 e. The van der Waals surface area contributed by atoms with Gasteiger partial charge in [0.05, 0.1) is 26.0 Å². The fraction of sp³-hybridized carbons (Fsp3) is 0.684. The molecule has 2 fully saturated rings. The van der Waals surface area contributed by atoms with Gasteiger partial charge in [-0.25, -0.2) is 0 Å². The van der Waals surface area contributed by atoms with Gasteiger partial charge < -0.3 is 14.8 Å². The number of hydrogen-bond donors (Lipinski definition) is 1. The van der Waals surface area contributed by atoms with E-state index in [0.29, 0.717) is 6.54 Å². The smallest absolute Gasteiger partial charge is 0.240 e. The number of carbonyl (C=O) groups is 1. The first-order chi connectivity index (χ1) is 12.2. The van der Waals surface area contributed by atoms with Crippen LogP contribution in [0.1, 0.15) is 39.0 Å². The first kappa shape index (κ1) is 18.1. The molecular formula is C19H29N3O3. The van der Waals surface area contributed by atoms with Gasteiger partial charge in [-0.3, -0.25) is 14.7 Å². The Labute approximate surface area is 149 Å². The Balaban J connectivity index is 1.58. The maximum Gasteiger partial charge on any atom is 0.240 e. The van der Waals surface area contributed by atoms with Crippen LogP contribution in [0.3, 0.4) is 0 Å². The van der Waals surface area contributed by atoms with Crippen molar-refractivity contribution in [1.82, 2.24) is 15.2 Å². The van der Waals surface area contributed by atoms with Gasteiger partial charge in [-0.15, -0.1) is 0 Å². The van der Waals surface area contributed by atoms with Gasteiger partial charge in [-0.05, 0) is 31.9 Å². The molecule has 1 saturated carbocycles. The SMILES string of the molecule is CC(CNC(=O)C1(N2CCOCC2)CCCCC1)Oc1cccnc1. The average Bonchev–Trinajstić information content (AvgIpc) is 2.68. The molecule has 1 aliphatic heterocycles. The number of morpholine rings is 1. The summed E-state index contributed by atoms with van der Waals surface area (Å²) < 4.78 is 11.3. The molecule has 3 rings (SSSR count). The number of hydrogen-bond acceptors (Lipinski definition) is 5. The number of rotatable bonds is 6. The normalized spacial score (nSPS) is 22.1. The highest BCUT2D eigenvalue weighted by Crippen LogP contribution is 2.34. The van der Waals surface area contributed by atoms with Gasteiger partial charge >= 0.3 is 0 Å². The summed E-state index contributed by atoms with van der Waals surface area (Å²) in [6.45, 7) is 5.59. The molecule has 1 saturated heterocycles. The minimum atomic E-state index is -0.365. The number of nitrogens with zero attached hydrogens (tertiary/aromatic N) is 2. The highest BCUT2D eigenvalue weighted by molar-refractivity contribution is 5.86. The number of carbonyl (C=O) groups excluding carboxylic acids is 1. The molecule has 138 valence electrons. The van der Waals surface area contributed by atoms with Gasteiger partial charge in [0.1, 0.15) is 17.4 Å². The Morgan fingerprint density at radius 1 is 1.36 bits per heavy atom. The first-order valence-electron chi connectivity index (χ1n) is 9.38. The summed E-state index contributed by atoms with van der Waals surface area (Å²) in [4.78, 5) is 19.5. The Hall–Kier alpha value is -1.66. The lowest BCUT2D eigenvalue weighted by Crippen LogP contribution is -2.62. The van der Waals surface area contributed by atoms with Crippen molar-refractivity contribution in [3.63, 3.8) is 0 Å². The molecule has 1 aromatic rings. The summed E-state index contributed by atoms with van der Waals surface area (Å²) in [5.74, 6) is 0.876. The molecular weight excluding hydrogens is 318 g/mol. The summed E-state index contributed by atoms with van der Waals surface area (Å²) in [6, 6.07) is 3.72. The van der Waals surface area contributed by atoms with Crippen molar-refractivity contribution in [3.8, 4) is 5.75 Å². The lowest BCUT2D eigenvalue weighted by atomic mass is 9.79. The van der Waals surface area contributed by atoms with E-state index in [4.69, 9.17) is 9.47 Å². The molecule has 0 spiro atoms. The van der Waals surface area contributed by atoms with E-state index in [1.54, 1.807) is 12.4 Å². The maximum absolute atomic E-state index is 13.1. The van der Waals surface area contributed by atoms with E-state index in [1.165, 1.54) is 6.42 Å². The Kier molecular flexibility index (Phi) is 6.26. The van der Waals surface area contributed by atoms with E-state index >= 15 is 0 Å². The zero-order chi connectivity index (χ0) is 17.5. The molecule has 6 heteroatoms. The van der Waals surface area contributed by atoms with E-state index < -0.39 is 0 Å². The molecule has 6 nitrogen and oxygen atoms in total. The summed E-state index contributed by atoms with van der Waals surface area (Å²) >= 11 is 0. The third-order valence-electron chi connectivity index (χ3n) is 5.24. The number of aromatic nitrogens is 1. The lowest BCUT2D eigenvalue weighted by molar-refractivity contribution is -0.140. The van der Waals surface area contributed by atoms with Crippen molar-refractivity contribution in [2.75, 3.05) is 32.8 Å². The molecule has 0 radical (unpaired) electrons. The van der Waals surface area contributed by atoms with E-state index in [0.717, 1.165) is 57.7 Å². The van der Waals surface area contributed by atoms with Gasteiger partial charge in [-0.2, -0.15) is 0 Å². The van der Waals surface area contributed by atoms with Gasteiger partial charge in [0.2, 0.25) is 5.91 Å². The third-order valence-corrected chi connectivity index (χ3v) is 5.24. The van der Waals surface area contributed by atoms with Gasteiger partial charge in [0.15, 0.2) is 0 Å². The first-order valence-corrected chi connectivity index (χ1v) is 9.38. The summed E-state index contributed by atoms with van der Waals surface area (Å²) in [5.41, 5.74) is -0.365. The number of pyridine rings is 1. The van der Waals surface area contributed by atoms with E-state index in [9.17, 15) is 4.79 Å². The van der Waals surface area contributed by atoms with Crippen LogP contribution >= 0.6 is 0 Å². The molecule has 1 aliphatic carbocycles. The van der Waals surface area contributed by atoms with Crippen LogP contribution in [0.25, 0.3) is 0 Å². The lowest BCUT2D eigenvalue weighted by Gasteiger charge is -2.46. The summed E-state index contributed by atoms with van der Waals surface area (Å²) in [6.07, 6.45) is 8.65. The second-order valence-corrected chi connectivity index (χ2v) is 7.02. The molecule has 2 aliphatic rings. The van der Waals surface area contributed by atoms with Crippen LogP contribution in [0.2, 0.25) is 0 Å². The molecule has 1 amide bonds. The standard InChI is InChI=1S/C19H29N3O3/c1-16(25-17-6-5-9-20-15-17)14-21-18(23)19(7-3-2-4-8-19)22-10-12-24-13-11-22/h5-6,9,15-16H,2-4,7-8,10-14H2,1H3,(H,21,23). The van der Waals surface area contributed by atoms with E-state index in [2.05, 4.69) is 15.2 Å². The Morgan fingerprint density at radius 2 is 2.12 bits per heavy atom. The molecule has 25 heavy (non-hydrogen) atoms. The number of nitrogens with one attached hydrogen (secondary N) is 1. The number of ether oxygens (including phenoxy) is 2. The van der Waals surface area contributed by atoms with E-state index in [1.807, 2.05) is 19.1 Å². The van der Waals surface area contributed by atoms with Crippen LogP contribution in [-0.4, -0.2) is 60.3 Å². The predicted octanol–water partition coefficient (Wildman–Crippen LogP) is 2.00. The van der Waals surface area contributed by atoms with Crippen molar-refractivity contribution in [2.45, 2.75) is 50.7 Å². The quantitative estimate of drug-likeness (QED) is 0.853. The zero-order valence-corrected chi connectivity index (χ0v) is 15.1. The van der Waals surface area contributed by atoms with E-state index in [-0.39, 0.29) is 17.6 Å². The fourth-order valence-corrected chi connectivity index (χ4v) is 3.91. The van der Waals surface area contributed by atoms with Gasteiger partial charge in [0, 0.05) is 19.3 Å². The van der Waals surface area contributed by atoms with Gasteiger partial charge in [-0.1, -0.05) is 19.3 Å².